The molecule has 4 nitrogen and oxygen atoms in total. The zero-order chi connectivity index (χ0) is 16.8. The average Bonchev–Trinajstić information content (AvgIpc) is 2.51. The van der Waals surface area contributed by atoms with Gasteiger partial charge < -0.3 is 10.1 Å². The van der Waals surface area contributed by atoms with Crippen molar-refractivity contribution in [2.45, 2.75) is 58.1 Å². The second-order valence-corrected chi connectivity index (χ2v) is 7.23. The first-order valence-corrected chi connectivity index (χ1v) is 8.99. The van der Waals surface area contributed by atoms with E-state index in [9.17, 15) is 9.59 Å². The van der Waals surface area contributed by atoms with Gasteiger partial charge in [0.15, 0.2) is 6.10 Å². The van der Waals surface area contributed by atoms with Crippen molar-refractivity contribution in [3.63, 3.8) is 0 Å². The molecule has 1 aliphatic carbocycles. The van der Waals surface area contributed by atoms with Gasteiger partial charge in [-0.3, -0.25) is 9.59 Å². The Bertz CT molecular complexity index is 544. The third-order valence-electron chi connectivity index (χ3n) is 4.38. The van der Waals surface area contributed by atoms with Crippen LogP contribution in [0.4, 0.5) is 0 Å². The summed E-state index contributed by atoms with van der Waals surface area (Å²) in [6, 6.07) is 7.68. The molecule has 0 unspecified atom stereocenters. The molecule has 1 saturated carbocycles. The zero-order valence-corrected chi connectivity index (χ0v) is 15.3. The average molecular weight is 382 g/mol. The van der Waals surface area contributed by atoms with E-state index in [0.717, 1.165) is 29.3 Å². The first kappa shape index (κ1) is 18.0. The Morgan fingerprint density at radius 2 is 1.91 bits per heavy atom. The molecule has 1 fully saturated rings. The number of hydrogen-bond acceptors (Lipinski definition) is 3. The molecule has 1 N–H and O–H groups in total. The molecule has 1 amide bonds. The highest BCUT2D eigenvalue weighted by molar-refractivity contribution is 9.10. The van der Waals surface area contributed by atoms with Gasteiger partial charge in [-0.2, -0.15) is 0 Å². The van der Waals surface area contributed by atoms with E-state index in [2.05, 4.69) is 28.2 Å². The van der Waals surface area contributed by atoms with Crippen LogP contribution in [0.5, 0.6) is 0 Å². The first-order chi connectivity index (χ1) is 11.0. The highest BCUT2D eigenvalue weighted by Gasteiger charge is 2.26. The maximum absolute atomic E-state index is 12.2. The van der Waals surface area contributed by atoms with Crippen LogP contribution in [0.1, 0.15) is 45.1 Å². The van der Waals surface area contributed by atoms with E-state index in [1.54, 1.807) is 6.92 Å². The van der Waals surface area contributed by atoms with E-state index in [1.807, 2.05) is 24.3 Å². The van der Waals surface area contributed by atoms with Gasteiger partial charge in [0.25, 0.3) is 5.91 Å². The lowest BCUT2D eigenvalue weighted by Gasteiger charge is -2.30. The number of carbonyl (C=O) groups is 2. The molecule has 0 saturated heterocycles. The fourth-order valence-electron chi connectivity index (χ4n) is 2.89. The molecule has 1 aliphatic rings. The number of benzene rings is 1. The largest absolute Gasteiger partial charge is 0.452 e. The van der Waals surface area contributed by atoms with Crippen LogP contribution in [0.3, 0.4) is 0 Å². The van der Waals surface area contributed by atoms with Gasteiger partial charge in [0, 0.05) is 10.5 Å². The smallest absolute Gasteiger partial charge is 0.311 e. The highest BCUT2D eigenvalue weighted by Crippen LogP contribution is 2.23. The van der Waals surface area contributed by atoms with Gasteiger partial charge in [-0.25, -0.2) is 0 Å². The number of halogens is 1. The number of rotatable bonds is 5. The standard InChI is InChI=1S/C18H24BrNO3/c1-12-5-3-4-6-16(12)20-18(22)13(2)23-17(21)11-14-7-9-15(19)10-8-14/h7-10,12-13,16H,3-6,11H2,1-2H3,(H,20,22)/t12-,13+,16+/m0/s1. The molecule has 0 bridgehead atoms. The number of esters is 1. The topological polar surface area (TPSA) is 55.4 Å². The van der Waals surface area contributed by atoms with Gasteiger partial charge in [0.05, 0.1) is 6.42 Å². The molecule has 0 aliphatic heterocycles. The lowest BCUT2D eigenvalue weighted by atomic mass is 9.86. The van der Waals surface area contributed by atoms with E-state index < -0.39 is 6.10 Å². The zero-order valence-electron chi connectivity index (χ0n) is 13.7. The van der Waals surface area contributed by atoms with Crippen molar-refractivity contribution in [1.29, 1.82) is 0 Å². The Kier molecular flexibility index (Phi) is 6.63. The number of hydrogen-bond donors (Lipinski definition) is 1. The van der Waals surface area contributed by atoms with Crippen LogP contribution in [0, 0.1) is 5.92 Å². The second kappa shape index (κ2) is 8.48. The Labute approximate surface area is 146 Å². The number of ether oxygens (including phenoxy) is 1. The predicted molar refractivity (Wildman–Crippen MR) is 93.0 cm³/mol. The third kappa shape index (κ3) is 5.65. The number of carbonyl (C=O) groups excluding carboxylic acids is 2. The second-order valence-electron chi connectivity index (χ2n) is 6.31. The Morgan fingerprint density at radius 1 is 1.26 bits per heavy atom. The van der Waals surface area contributed by atoms with Crippen LogP contribution in [-0.2, 0) is 20.7 Å². The minimum Gasteiger partial charge on any atom is -0.452 e. The number of nitrogens with one attached hydrogen (secondary N) is 1. The van der Waals surface area contributed by atoms with Gasteiger partial charge in [-0.1, -0.05) is 47.8 Å². The molecule has 0 heterocycles. The minimum absolute atomic E-state index is 0.171. The summed E-state index contributed by atoms with van der Waals surface area (Å²) in [6.45, 7) is 3.79. The molecule has 3 atom stereocenters. The fraction of sp³-hybridized carbons (Fsp3) is 0.556. The molecule has 126 valence electrons. The predicted octanol–water partition coefficient (Wildman–Crippen LogP) is 3.62. The maximum atomic E-state index is 12.2. The molecule has 0 spiro atoms. The summed E-state index contributed by atoms with van der Waals surface area (Å²) >= 11 is 3.35. The molecule has 5 heteroatoms. The van der Waals surface area contributed by atoms with Crippen LogP contribution >= 0.6 is 15.9 Å². The monoisotopic (exact) mass is 381 g/mol. The summed E-state index contributed by atoms with van der Waals surface area (Å²) in [7, 11) is 0. The van der Waals surface area contributed by atoms with Crippen molar-refractivity contribution in [2.75, 3.05) is 0 Å². The molecular formula is C18H24BrNO3. The summed E-state index contributed by atoms with van der Waals surface area (Å²) in [6.07, 6.45) is 3.94. The van der Waals surface area contributed by atoms with Gasteiger partial charge in [0.1, 0.15) is 0 Å². The Hall–Kier alpha value is -1.36. The van der Waals surface area contributed by atoms with E-state index in [1.165, 1.54) is 6.42 Å². The van der Waals surface area contributed by atoms with Crippen molar-refractivity contribution in [2.24, 2.45) is 5.92 Å². The fourth-order valence-corrected chi connectivity index (χ4v) is 3.16. The molecule has 1 aromatic rings. The van der Waals surface area contributed by atoms with Gasteiger partial charge in [0.2, 0.25) is 0 Å². The summed E-state index contributed by atoms with van der Waals surface area (Å²) in [4.78, 5) is 24.1. The molecular weight excluding hydrogens is 358 g/mol. The van der Waals surface area contributed by atoms with E-state index in [4.69, 9.17) is 4.74 Å². The van der Waals surface area contributed by atoms with E-state index in [-0.39, 0.29) is 24.3 Å². The normalized spacial score (nSPS) is 22.2. The molecule has 0 radical (unpaired) electrons. The van der Waals surface area contributed by atoms with Gasteiger partial charge >= 0.3 is 5.97 Å². The Morgan fingerprint density at radius 3 is 2.57 bits per heavy atom. The van der Waals surface area contributed by atoms with Crippen LogP contribution in [0.2, 0.25) is 0 Å². The number of amides is 1. The van der Waals surface area contributed by atoms with Crippen molar-refractivity contribution in [3.05, 3.63) is 34.3 Å². The van der Waals surface area contributed by atoms with E-state index >= 15 is 0 Å². The van der Waals surface area contributed by atoms with Crippen LogP contribution in [0.25, 0.3) is 0 Å². The quantitative estimate of drug-likeness (QED) is 0.792. The van der Waals surface area contributed by atoms with Crippen LogP contribution in [-0.4, -0.2) is 24.0 Å². The SMILES string of the molecule is C[C@@H](OC(=O)Cc1ccc(Br)cc1)C(=O)N[C@@H]1CCCC[C@@H]1C. The van der Waals surface area contributed by atoms with Crippen LogP contribution < -0.4 is 5.32 Å². The van der Waals surface area contributed by atoms with Crippen molar-refractivity contribution < 1.29 is 14.3 Å². The third-order valence-corrected chi connectivity index (χ3v) is 4.91. The van der Waals surface area contributed by atoms with Gasteiger partial charge in [-0.05, 0) is 43.4 Å². The molecule has 2 rings (SSSR count). The van der Waals surface area contributed by atoms with Gasteiger partial charge in [-0.15, -0.1) is 0 Å². The summed E-state index contributed by atoms with van der Waals surface area (Å²) < 4.78 is 6.22. The minimum atomic E-state index is -0.757. The summed E-state index contributed by atoms with van der Waals surface area (Å²) in [5.74, 6) is -0.0991. The molecule has 23 heavy (non-hydrogen) atoms. The first-order valence-electron chi connectivity index (χ1n) is 8.20. The summed E-state index contributed by atoms with van der Waals surface area (Å²) in [5.41, 5.74) is 0.867. The molecule has 1 aromatic carbocycles. The lowest BCUT2D eigenvalue weighted by Crippen LogP contribution is -2.46. The Balaban J connectivity index is 1.80. The molecule has 0 aromatic heterocycles. The van der Waals surface area contributed by atoms with E-state index in [0.29, 0.717) is 5.92 Å². The maximum Gasteiger partial charge on any atom is 0.311 e. The lowest BCUT2D eigenvalue weighted by molar-refractivity contribution is -0.154. The highest BCUT2D eigenvalue weighted by atomic mass is 79.9. The van der Waals surface area contributed by atoms with Crippen LogP contribution in [0.15, 0.2) is 28.7 Å². The van der Waals surface area contributed by atoms with Crippen molar-refractivity contribution >= 4 is 27.8 Å². The van der Waals surface area contributed by atoms with Crippen molar-refractivity contribution in [3.8, 4) is 0 Å². The van der Waals surface area contributed by atoms with Crippen molar-refractivity contribution in [1.82, 2.24) is 5.32 Å². The summed E-state index contributed by atoms with van der Waals surface area (Å²) in [5, 5.41) is 3.02.